The molecule has 18 heavy (non-hydrogen) atoms. The molecule has 0 amide bonds. The SMILES string of the molecule is COc1ccc(OC)c(C(=O)c2csc(I)c2)c1. The van der Waals surface area contributed by atoms with Crippen molar-refractivity contribution in [3.05, 3.63) is 43.7 Å². The van der Waals surface area contributed by atoms with Gasteiger partial charge in [0.1, 0.15) is 11.5 Å². The van der Waals surface area contributed by atoms with E-state index in [-0.39, 0.29) is 5.78 Å². The van der Waals surface area contributed by atoms with Gasteiger partial charge in [0.15, 0.2) is 5.78 Å². The largest absolute Gasteiger partial charge is 0.497 e. The molecule has 0 atom stereocenters. The Morgan fingerprint density at radius 2 is 2.00 bits per heavy atom. The molecular weight excluding hydrogens is 363 g/mol. The van der Waals surface area contributed by atoms with Gasteiger partial charge in [-0.2, -0.15) is 0 Å². The van der Waals surface area contributed by atoms with Crippen LogP contribution in [-0.4, -0.2) is 20.0 Å². The van der Waals surface area contributed by atoms with Gasteiger partial charge in [0.05, 0.1) is 22.7 Å². The second-order valence-corrected chi connectivity index (χ2v) is 6.34. The topological polar surface area (TPSA) is 35.5 Å². The summed E-state index contributed by atoms with van der Waals surface area (Å²) in [7, 11) is 3.12. The minimum absolute atomic E-state index is 0.0510. The van der Waals surface area contributed by atoms with Crippen molar-refractivity contribution in [3.8, 4) is 11.5 Å². The lowest BCUT2D eigenvalue weighted by molar-refractivity contribution is 0.103. The molecule has 5 heteroatoms. The summed E-state index contributed by atoms with van der Waals surface area (Å²) in [5.74, 6) is 1.15. The van der Waals surface area contributed by atoms with Crippen LogP contribution in [0.5, 0.6) is 11.5 Å². The van der Waals surface area contributed by atoms with Gasteiger partial charge >= 0.3 is 0 Å². The van der Waals surface area contributed by atoms with Crippen LogP contribution in [0.1, 0.15) is 15.9 Å². The van der Waals surface area contributed by atoms with Crippen LogP contribution in [0.2, 0.25) is 0 Å². The summed E-state index contributed by atoms with van der Waals surface area (Å²) < 4.78 is 11.4. The average molecular weight is 374 g/mol. The van der Waals surface area contributed by atoms with Crippen molar-refractivity contribution in [2.45, 2.75) is 0 Å². The second kappa shape index (κ2) is 5.71. The number of benzene rings is 1. The molecule has 0 aliphatic heterocycles. The monoisotopic (exact) mass is 374 g/mol. The van der Waals surface area contributed by atoms with Crippen molar-refractivity contribution < 1.29 is 14.3 Å². The Morgan fingerprint density at radius 1 is 1.22 bits per heavy atom. The summed E-state index contributed by atoms with van der Waals surface area (Å²) >= 11 is 3.74. The summed E-state index contributed by atoms with van der Waals surface area (Å²) in [4.78, 5) is 12.4. The Hall–Kier alpha value is -1.08. The van der Waals surface area contributed by atoms with Crippen LogP contribution in [0.4, 0.5) is 0 Å². The van der Waals surface area contributed by atoms with Crippen LogP contribution in [0.25, 0.3) is 0 Å². The van der Waals surface area contributed by atoms with Crippen LogP contribution < -0.4 is 9.47 Å². The first-order chi connectivity index (χ1) is 8.65. The first-order valence-electron chi connectivity index (χ1n) is 5.16. The van der Waals surface area contributed by atoms with Crippen LogP contribution >= 0.6 is 33.9 Å². The highest BCUT2D eigenvalue weighted by molar-refractivity contribution is 14.1. The lowest BCUT2D eigenvalue weighted by atomic mass is 10.0. The van der Waals surface area contributed by atoms with Gasteiger partial charge in [0.25, 0.3) is 0 Å². The average Bonchev–Trinajstić information content (AvgIpc) is 2.83. The zero-order chi connectivity index (χ0) is 13.1. The van der Waals surface area contributed by atoms with Gasteiger partial charge in [-0.15, -0.1) is 11.3 Å². The zero-order valence-corrected chi connectivity index (χ0v) is 12.9. The number of carbonyl (C=O) groups excluding carboxylic acids is 1. The molecule has 0 aliphatic rings. The van der Waals surface area contributed by atoms with Gasteiger partial charge in [0, 0.05) is 10.9 Å². The molecule has 0 fully saturated rings. The quantitative estimate of drug-likeness (QED) is 0.606. The molecule has 2 aromatic rings. The Labute approximate surface area is 123 Å². The van der Waals surface area contributed by atoms with Gasteiger partial charge in [-0.05, 0) is 46.9 Å². The van der Waals surface area contributed by atoms with E-state index in [1.54, 1.807) is 43.8 Å². The molecule has 0 spiro atoms. The van der Waals surface area contributed by atoms with E-state index in [2.05, 4.69) is 22.6 Å². The Bertz CT molecular complexity index is 577. The predicted octanol–water partition coefficient (Wildman–Crippen LogP) is 3.60. The minimum atomic E-state index is -0.0510. The molecule has 0 saturated carbocycles. The molecule has 0 radical (unpaired) electrons. The molecular formula is C13H11IO3S. The molecule has 1 heterocycles. The van der Waals surface area contributed by atoms with E-state index in [1.165, 1.54) is 0 Å². The number of thiophene rings is 1. The summed E-state index contributed by atoms with van der Waals surface area (Å²) in [5.41, 5.74) is 1.20. The third-order valence-electron chi connectivity index (χ3n) is 2.48. The van der Waals surface area contributed by atoms with Gasteiger partial charge < -0.3 is 9.47 Å². The highest BCUT2D eigenvalue weighted by Crippen LogP contribution is 2.28. The third-order valence-corrected chi connectivity index (χ3v) is 4.27. The van der Waals surface area contributed by atoms with E-state index in [4.69, 9.17) is 9.47 Å². The molecule has 0 aliphatic carbocycles. The van der Waals surface area contributed by atoms with Crippen molar-refractivity contribution in [1.29, 1.82) is 0 Å². The number of rotatable bonds is 4. The van der Waals surface area contributed by atoms with Gasteiger partial charge in [-0.1, -0.05) is 0 Å². The lowest BCUT2D eigenvalue weighted by Crippen LogP contribution is -2.03. The van der Waals surface area contributed by atoms with Gasteiger partial charge in [-0.25, -0.2) is 0 Å². The van der Waals surface area contributed by atoms with Crippen LogP contribution in [0, 0.1) is 2.88 Å². The number of methoxy groups -OCH3 is 2. The fourth-order valence-corrected chi connectivity index (χ4v) is 2.90. The maximum Gasteiger partial charge on any atom is 0.197 e. The normalized spacial score (nSPS) is 10.2. The number of ketones is 1. The number of hydrogen-bond donors (Lipinski definition) is 0. The molecule has 0 saturated heterocycles. The minimum Gasteiger partial charge on any atom is -0.497 e. The Kier molecular flexibility index (Phi) is 4.23. The molecule has 1 aromatic heterocycles. The number of ether oxygens (including phenoxy) is 2. The first kappa shape index (κ1) is 13.4. The van der Waals surface area contributed by atoms with Crippen LogP contribution in [0.15, 0.2) is 29.6 Å². The predicted molar refractivity (Wildman–Crippen MR) is 80.0 cm³/mol. The number of carbonyl (C=O) groups is 1. The van der Waals surface area contributed by atoms with E-state index in [0.717, 1.165) is 2.88 Å². The van der Waals surface area contributed by atoms with E-state index in [9.17, 15) is 4.79 Å². The van der Waals surface area contributed by atoms with Crippen molar-refractivity contribution in [2.24, 2.45) is 0 Å². The lowest BCUT2D eigenvalue weighted by Gasteiger charge is -2.08. The standard InChI is InChI=1S/C13H11IO3S/c1-16-9-3-4-11(17-2)10(6-9)13(15)8-5-12(14)18-7-8/h3-7H,1-2H3. The van der Waals surface area contributed by atoms with Gasteiger partial charge in [-0.3, -0.25) is 4.79 Å². The van der Waals surface area contributed by atoms with E-state index >= 15 is 0 Å². The van der Waals surface area contributed by atoms with E-state index in [0.29, 0.717) is 22.6 Å². The molecule has 0 unspecified atom stereocenters. The summed E-state index contributed by atoms with van der Waals surface area (Å²) in [5, 5.41) is 1.85. The van der Waals surface area contributed by atoms with Crippen molar-refractivity contribution in [2.75, 3.05) is 14.2 Å². The molecule has 3 nitrogen and oxygen atoms in total. The van der Waals surface area contributed by atoms with E-state index < -0.39 is 0 Å². The van der Waals surface area contributed by atoms with Crippen LogP contribution in [-0.2, 0) is 0 Å². The molecule has 0 bridgehead atoms. The summed E-state index contributed by atoms with van der Waals surface area (Å²) in [6.07, 6.45) is 0. The van der Waals surface area contributed by atoms with E-state index in [1.807, 2.05) is 11.4 Å². The Morgan fingerprint density at radius 3 is 2.56 bits per heavy atom. The smallest absolute Gasteiger partial charge is 0.197 e. The second-order valence-electron chi connectivity index (χ2n) is 3.53. The molecule has 1 aromatic carbocycles. The number of hydrogen-bond acceptors (Lipinski definition) is 4. The fraction of sp³-hybridized carbons (Fsp3) is 0.154. The maximum absolute atomic E-state index is 12.4. The van der Waals surface area contributed by atoms with Crippen molar-refractivity contribution in [3.63, 3.8) is 0 Å². The highest BCUT2D eigenvalue weighted by atomic mass is 127. The van der Waals surface area contributed by atoms with Gasteiger partial charge in [0.2, 0.25) is 0 Å². The summed E-state index contributed by atoms with van der Waals surface area (Å²) in [6, 6.07) is 7.08. The third kappa shape index (κ3) is 2.67. The maximum atomic E-state index is 12.4. The molecule has 2 rings (SSSR count). The van der Waals surface area contributed by atoms with Crippen LogP contribution in [0.3, 0.4) is 0 Å². The number of halogens is 1. The summed E-state index contributed by atoms with van der Waals surface area (Å²) in [6.45, 7) is 0. The highest BCUT2D eigenvalue weighted by Gasteiger charge is 2.16. The zero-order valence-electron chi connectivity index (χ0n) is 9.90. The molecule has 0 N–H and O–H groups in total. The van der Waals surface area contributed by atoms with Crippen molar-refractivity contribution >= 4 is 39.7 Å². The fourth-order valence-electron chi connectivity index (χ4n) is 1.58. The molecule has 94 valence electrons. The Balaban J connectivity index is 2.45. The first-order valence-corrected chi connectivity index (χ1v) is 7.12. The van der Waals surface area contributed by atoms with Crippen molar-refractivity contribution in [1.82, 2.24) is 0 Å².